The van der Waals surface area contributed by atoms with Gasteiger partial charge in [-0.15, -0.1) is 0 Å². The van der Waals surface area contributed by atoms with Crippen LogP contribution in [0.1, 0.15) is 60.3 Å². The van der Waals surface area contributed by atoms with Crippen molar-refractivity contribution in [3.63, 3.8) is 0 Å². The number of rotatable bonds is 7. The van der Waals surface area contributed by atoms with E-state index in [1.165, 1.54) is 5.56 Å². The summed E-state index contributed by atoms with van der Waals surface area (Å²) in [6.45, 7) is 14.6. The second-order valence-corrected chi connectivity index (χ2v) is 7.38. The van der Waals surface area contributed by atoms with Crippen LogP contribution in [-0.4, -0.2) is 12.6 Å². The second kappa shape index (κ2) is 16.3. The molecule has 0 aromatic heterocycles. The number of hydrogen-bond acceptors (Lipinski definition) is 2. The number of carbonyl (C=O) groups is 1. The van der Waals surface area contributed by atoms with E-state index in [0.29, 0.717) is 12.2 Å². The lowest BCUT2D eigenvalue weighted by Crippen LogP contribution is -2.08. The van der Waals surface area contributed by atoms with E-state index in [2.05, 4.69) is 37.8 Å². The molecule has 0 aliphatic carbocycles. The number of carbonyl (C=O) groups excluding carboxylic acids is 1. The van der Waals surface area contributed by atoms with Crippen molar-refractivity contribution in [1.82, 2.24) is 0 Å². The molecule has 0 atom stereocenters. The number of aryl methyl sites for hydroxylation is 1. The van der Waals surface area contributed by atoms with Crippen LogP contribution in [0.2, 0.25) is 0 Å². The van der Waals surface area contributed by atoms with E-state index in [4.69, 9.17) is 4.74 Å². The lowest BCUT2D eigenvalue weighted by Gasteiger charge is -2.08. The molecule has 2 heteroatoms. The van der Waals surface area contributed by atoms with E-state index in [1.54, 1.807) is 0 Å². The van der Waals surface area contributed by atoms with Gasteiger partial charge in [0.25, 0.3) is 0 Å². The van der Waals surface area contributed by atoms with Crippen LogP contribution in [0.3, 0.4) is 0 Å². The Labute approximate surface area is 200 Å². The van der Waals surface area contributed by atoms with Gasteiger partial charge in [0.05, 0.1) is 12.2 Å². The first-order valence-electron chi connectivity index (χ1n) is 11.7. The maximum atomic E-state index is 12.2. The van der Waals surface area contributed by atoms with Crippen LogP contribution in [0.4, 0.5) is 0 Å². The number of hydrogen-bond donors (Lipinski definition) is 0. The van der Waals surface area contributed by atoms with E-state index in [9.17, 15) is 4.79 Å². The third kappa shape index (κ3) is 10.7. The highest BCUT2D eigenvalue weighted by atomic mass is 16.5. The van der Waals surface area contributed by atoms with Gasteiger partial charge in [-0.1, -0.05) is 105 Å². The van der Waals surface area contributed by atoms with Crippen molar-refractivity contribution in [2.45, 2.75) is 47.5 Å². The quantitative estimate of drug-likeness (QED) is 0.272. The van der Waals surface area contributed by atoms with Gasteiger partial charge in [-0.25, -0.2) is 4.79 Å². The SMILES string of the molecule is C/C=C\C.C=C(Cc1ccc(C(=O)OCCc2ccccc2)cc1)c1ccc(C)cc1.CC. The highest BCUT2D eigenvalue weighted by Crippen LogP contribution is 2.19. The maximum Gasteiger partial charge on any atom is 0.338 e. The highest BCUT2D eigenvalue weighted by Gasteiger charge is 2.08. The van der Waals surface area contributed by atoms with Crippen LogP contribution in [-0.2, 0) is 17.6 Å². The molecule has 0 spiro atoms. The van der Waals surface area contributed by atoms with Crippen LogP contribution in [0.25, 0.3) is 5.57 Å². The third-order valence-electron chi connectivity index (χ3n) is 4.87. The van der Waals surface area contributed by atoms with E-state index in [-0.39, 0.29) is 5.97 Å². The van der Waals surface area contributed by atoms with E-state index >= 15 is 0 Å². The van der Waals surface area contributed by atoms with Gasteiger partial charge in [0.1, 0.15) is 0 Å². The zero-order valence-electron chi connectivity index (χ0n) is 20.8. The highest BCUT2D eigenvalue weighted by molar-refractivity contribution is 5.89. The Balaban J connectivity index is 0.000000820. The first-order valence-corrected chi connectivity index (χ1v) is 11.7. The Morgan fingerprint density at radius 3 is 1.88 bits per heavy atom. The van der Waals surface area contributed by atoms with Gasteiger partial charge in [0.2, 0.25) is 0 Å². The molecule has 0 radical (unpaired) electrons. The zero-order chi connectivity index (χ0) is 24.5. The molecule has 0 aliphatic rings. The predicted molar refractivity (Wildman–Crippen MR) is 143 cm³/mol. The molecular weight excluding hydrogens is 404 g/mol. The van der Waals surface area contributed by atoms with Crippen LogP contribution >= 0.6 is 0 Å². The average Bonchev–Trinajstić information content (AvgIpc) is 2.87. The lowest BCUT2D eigenvalue weighted by atomic mass is 9.98. The molecule has 0 N–H and O–H groups in total. The van der Waals surface area contributed by atoms with Crippen LogP contribution in [0.5, 0.6) is 0 Å². The molecule has 0 saturated carbocycles. The lowest BCUT2D eigenvalue weighted by molar-refractivity contribution is 0.0509. The van der Waals surface area contributed by atoms with E-state index < -0.39 is 0 Å². The van der Waals surface area contributed by atoms with Crippen molar-refractivity contribution in [3.05, 3.63) is 125 Å². The predicted octanol–water partition coefficient (Wildman–Crippen LogP) is 8.26. The standard InChI is InChI=1S/C25H24O2.C4H8.C2H6/c1-19-8-12-23(13-9-19)20(2)18-22-10-14-24(15-11-22)25(26)27-17-16-21-6-4-3-5-7-21;1-3-4-2;1-2/h3-15H,2,16-18H2,1H3;3-4H,1-2H3;1-2H3/b;4-3-;. The van der Waals surface area contributed by atoms with Gasteiger partial charge >= 0.3 is 5.97 Å². The van der Waals surface area contributed by atoms with Crippen molar-refractivity contribution < 1.29 is 9.53 Å². The Bertz CT molecular complexity index is 962. The molecule has 33 heavy (non-hydrogen) atoms. The summed E-state index contributed by atoms with van der Waals surface area (Å²) in [5, 5.41) is 0. The molecular formula is C31H38O2. The molecule has 0 unspecified atom stereocenters. The Hall–Kier alpha value is -3.39. The number of ether oxygens (including phenoxy) is 1. The van der Waals surface area contributed by atoms with Gasteiger partial charge in [-0.2, -0.15) is 0 Å². The maximum absolute atomic E-state index is 12.2. The average molecular weight is 443 g/mol. The molecule has 3 aromatic rings. The minimum atomic E-state index is -0.283. The van der Waals surface area contributed by atoms with Crippen molar-refractivity contribution in [2.75, 3.05) is 6.61 Å². The van der Waals surface area contributed by atoms with Crippen molar-refractivity contribution >= 4 is 11.5 Å². The smallest absolute Gasteiger partial charge is 0.338 e. The van der Waals surface area contributed by atoms with Gasteiger partial charge in [-0.05, 0) is 61.6 Å². The minimum Gasteiger partial charge on any atom is -0.462 e. The first-order chi connectivity index (χ1) is 16.0. The summed E-state index contributed by atoms with van der Waals surface area (Å²) in [6.07, 6.45) is 5.48. The summed E-state index contributed by atoms with van der Waals surface area (Å²) in [7, 11) is 0. The second-order valence-electron chi connectivity index (χ2n) is 7.38. The largest absolute Gasteiger partial charge is 0.462 e. The summed E-state index contributed by atoms with van der Waals surface area (Å²) in [5.41, 5.74) is 6.31. The van der Waals surface area contributed by atoms with Crippen molar-refractivity contribution in [3.8, 4) is 0 Å². The van der Waals surface area contributed by atoms with E-state index in [1.807, 2.05) is 94.4 Å². The molecule has 0 fully saturated rings. The Morgan fingerprint density at radius 1 is 0.788 bits per heavy atom. The van der Waals surface area contributed by atoms with Gasteiger partial charge in [0, 0.05) is 6.42 Å². The number of allylic oxidation sites excluding steroid dienone is 3. The molecule has 3 rings (SSSR count). The molecule has 3 aromatic carbocycles. The fraction of sp³-hybridized carbons (Fsp3) is 0.258. The normalized spacial score (nSPS) is 9.85. The molecule has 2 nitrogen and oxygen atoms in total. The monoisotopic (exact) mass is 442 g/mol. The summed E-state index contributed by atoms with van der Waals surface area (Å²) in [5.74, 6) is -0.283. The fourth-order valence-corrected chi connectivity index (χ4v) is 2.89. The van der Waals surface area contributed by atoms with Gasteiger partial charge in [-0.3, -0.25) is 0 Å². The molecule has 0 amide bonds. The van der Waals surface area contributed by atoms with Crippen molar-refractivity contribution in [1.29, 1.82) is 0 Å². The zero-order valence-corrected chi connectivity index (χ0v) is 20.8. The number of esters is 1. The molecule has 0 aliphatic heterocycles. The molecule has 0 saturated heterocycles. The topological polar surface area (TPSA) is 26.3 Å². The van der Waals surface area contributed by atoms with Crippen LogP contribution in [0, 0.1) is 6.92 Å². The van der Waals surface area contributed by atoms with Crippen molar-refractivity contribution in [2.24, 2.45) is 0 Å². The van der Waals surface area contributed by atoms with Crippen LogP contribution < -0.4 is 0 Å². The summed E-state index contributed by atoms with van der Waals surface area (Å²) >= 11 is 0. The van der Waals surface area contributed by atoms with Crippen LogP contribution in [0.15, 0.2) is 97.6 Å². The minimum absolute atomic E-state index is 0.283. The Morgan fingerprint density at radius 2 is 1.33 bits per heavy atom. The van der Waals surface area contributed by atoms with E-state index in [0.717, 1.165) is 35.1 Å². The summed E-state index contributed by atoms with van der Waals surface area (Å²) < 4.78 is 5.38. The summed E-state index contributed by atoms with van der Waals surface area (Å²) in [6, 6.07) is 26.0. The third-order valence-corrected chi connectivity index (χ3v) is 4.87. The molecule has 0 heterocycles. The molecule has 0 bridgehead atoms. The fourth-order valence-electron chi connectivity index (χ4n) is 2.89. The number of benzene rings is 3. The Kier molecular flexibility index (Phi) is 13.6. The van der Waals surface area contributed by atoms with Gasteiger partial charge < -0.3 is 4.74 Å². The molecule has 174 valence electrons. The first kappa shape index (κ1) is 27.6. The summed E-state index contributed by atoms with van der Waals surface area (Å²) in [4.78, 5) is 12.2. The van der Waals surface area contributed by atoms with Gasteiger partial charge in [0.15, 0.2) is 0 Å².